The number of aromatic hydroxyl groups is 1. The monoisotopic (exact) mass is 255 g/mol. The summed E-state index contributed by atoms with van der Waals surface area (Å²) in [6, 6.07) is 15.8. The summed E-state index contributed by atoms with van der Waals surface area (Å²) in [5.41, 5.74) is 9.15. The molecule has 2 rings (SSSR count). The van der Waals surface area contributed by atoms with Crippen LogP contribution >= 0.6 is 0 Å². The molecule has 2 aromatic rings. The largest absolute Gasteiger partial charge is 0.508 e. The van der Waals surface area contributed by atoms with Crippen molar-refractivity contribution in [3.8, 4) is 5.75 Å². The Hall–Kier alpha value is -1.80. The average Bonchev–Trinajstić information content (AvgIpc) is 2.41. The zero-order valence-electron chi connectivity index (χ0n) is 11.6. The summed E-state index contributed by atoms with van der Waals surface area (Å²) in [5, 5.41) is 9.92. The lowest BCUT2D eigenvalue weighted by Crippen LogP contribution is -2.23. The molecular weight excluding hydrogens is 234 g/mol. The molecule has 0 radical (unpaired) electrons. The first-order valence-corrected chi connectivity index (χ1v) is 6.60. The van der Waals surface area contributed by atoms with Gasteiger partial charge in [-0.25, -0.2) is 0 Å². The Balaban J connectivity index is 2.35. The number of benzene rings is 2. The minimum Gasteiger partial charge on any atom is -0.508 e. The molecule has 0 saturated heterocycles. The van der Waals surface area contributed by atoms with E-state index < -0.39 is 0 Å². The van der Waals surface area contributed by atoms with Gasteiger partial charge in [0.25, 0.3) is 0 Å². The minimum absolute atomic E-state index is 0.0607. The van der Waals surface area contributed by atoms with Crippen LogP contribution < -0.4 is 5.73 Å². The maximum Gasteiger partial charge on any atom is 0.118 e. The standard InChI is InChI=1S/C17H21NO/c1-17(2,11-13-7-4-6-10-16(13)19)15-9-5-3-8-14(15)12-18/h3-10,19H,11-12,18H2,1-2H3. The van der Waals surface area contributed by atoms with Gasteiger partial charge >= 0.3 is 0 Å². The van der Waals surface area contributed by atoms with Gasteiger partial charge in [0.05, 0.1) is 0 Å². The van der Waals surface area contributed by atoms with Gasteiger partial charge in [0, 0.05) is 6.54 Å². The van der Waals surface area contributed by atoms with Gasteiger partial charge in [-0.1, -0.05) is 56.3 Å². The van der Waals surface area contributed by atoms with E-state index in [1.807, 2.05) is 30.3 Å². The highest BCUT2D eigenvalue weighted by atomic mass is 16.3. The normalized spacial score (nSPS) is 11.5. The van der Waals surface area contributed by atoms with Crippen LogP contribution in [0.15, 0.2) is 48.5 Å². The van der Waals surface area contributed by atoms with Crippen molar-refractivity contribution in [3.05, 3.63) is 65.2 Å². The molecule has 0 spiro atoms. The number of hydrogen-bond donors (Lipinski definition) is 2. The molecule has 0 heterocycles. The molecule has 0 aromatic heterocycles. The Morgan fingerprint density at radius 2 is 1.53 bits per heavy atom. The Labute approximate surface area is 114 Å². The van der Waals surface area contributed by atoms with Crippen molar-refractivity contribution >= 4 is 0 Å². The summed E-state index contributed by atoms with van der Waals surface area (Å²) in [4.78, 5) is 0. The summed E-state index contributed by atoms with van der Waals surface area (Å²) in [5.74, 6) is 0.362. The van der Waals surface area contributed by atoms with Crippen LogP contribution in [0.2, 0.25) is 0 Å². The number of hydrogen-bond acceptors (Lipinski definition) is 2. The average molecular weight is 255 g/mol. The van der Waals surface area contributed by atoms with E-state index in [9.17, 15) is 5.11 Å². The first-order chi connectivity index (χ1) is 9.04. The number of para-hydroxylation sites is 1. The molecule has 0 aliphatic carbocycles. The highest BCUT2D eigenvalue weighted by molar-refractivity contribution is 5.38. The predicted octanol–water partition coefficient (Wildman–Crippen LogP) is 3.37. The summed E-state index contributed by atoms with van der Waals surface area (Å²) < 4.78 is 0. The predicted molar refractivity (Wildman–Crippen MR) is 79.2 cm³/mol. The van der Waals surface area contributed by atoms with Crippen LogP contribution in [0.5, 0.6) is 5.75 Å². The van der Waals surface area contributed by atoms with Crippen molar-refractivity contribution in [2.45, 2.75) is 32.2 Å². The Morgan fingerprint density at radius 3 is 2.16 bits per heavy atom. The molecule has 2 heteroatoms. The quantitative estimate of drug-likeness (QED) is 0.880. The van der Waals surface area contributed by atoms with E-state index in [-0.39, 0.29) is 5.41 Å². The fourth-order valence-electron chi connectivity index (χ4n) is 2.59. The van der Waals surface area contributed by atoms with Crippen molar-refractivity contribution in [1.29, 1.82) is 0 Å². The smallest absolute Gasteiger partial charge is 0.118 e. The summed E-state index contributed by atoms with van der Waals surface area (Å²) in [7, 11) is 0. The van der Waals surface area contributed by atoms with Crippen molar-refractivity contribution < 1.29 is 5.11 Å². The maximum absolute atomic E-state index is 9.92. The van der Waals surface area contributed by atoms with E-state index in [0.717, 1.165) is 12.0 Å². The Morgan fingerprint density at radius 1 is 0.947 bits per heavy atom. The topological polar surface area (TPSA) is 46.2 Å². The molecule has 2 aromatic carbocycles. The summed E-state index contributed by atoms with van der Waals surface area (Å²) >= 11 is 0. The van der Waals surface area contributed by atoms with Crippen LogP contribution in [0.25, 0.3) is 0 Å². The molecule has 2 nitrogen and oxygen atoms in total. The van der Waals surface area contributed by atoms with E-state index in [4.69, 9.17) is 5.73 Å². The Bertz CT molecular complexity index is 561. The molecule has 0 atom stereocenters. The van der Waals surface area contributed by atoms with Gasteiger partial charge in [-0.2, -0.15) is 0 Å². The van der Waals surface area contributed by atoms with Crippen LogP contribution in [-0.2, 0) is 18.4 Å². The zero-order chi connectivity index (χ0) is 13.9. The third-order valence-corrected chi connectivity index (χ3v) is 3.59. The Kier molecular flexibility index (Phi) is 3.91. The lowest BCUT2D eigenvalue weighted by Gasteiger charge is -2.28. The lowest BCUT2D eigenvalue weighted by atomic mass is 9.77. The van der Waals surface area contributed by atoms with Gasteiger partial charge in [0.1, 0.15) is 5.75 Å². The van der Waals surface area contributed by atoms with E-state index in [2.05, 4.69) is 26.0 Å². The van der Waals surface area contributed by atoms with Crippen LogP contribution in [0.1, 0.15) is 30.5 Å². The molecule has 0 aliphatic rings. The van der Waals surface area contributed by atoms with Crippen LogP contribution in [0, 0.1) is 0 Å². The second-order valence-corrected chi connectivity index (χ2v) is 5.55. The van der Waals surface area contributed by atoms with Crippen LogP contribution in [0.3, 0.4) is 0 Å². The molecule has 0 fully saturated rings. The highest BCUT2D eigenvalue weighted by Crippen LogP contribution is 2.32. The van der Waals surface area contributed by atoms with Crippen LogP contribution in [0.4, 0.5) is 0 Å². The van der Waals surface area contributed by atoms with E-state index >= 15 is 0 Å². The van der Waals surface area contributed by atoms with Crippen molar-refractivity contribution in [2.24, 2.45) is 5.73 Å². The number of nitrogens with two attached hydrogens (primary N) is 1. The van der Waals surface area contributed by atoms with Crippen molar-refractivity contribution in [2.75, 3.05) is 0 Å². The maximum atomic E-state index is 9.92. The van der Waals surface area contributed by atoms with E-state index in [1.165, 1.54) is 11.1 Å². The molecule has 19 heavy (non-hydrogen) atoms. The molecule has 0 amide bonds. The third kappa shape index (κ3) is 2.96. The molecule has 3 N–H and O–H groups in total. The third-order valence-electron chi connectivity index (χ3n) is 3.59. The van der Waals surface area contributed by atoms with Gasteiger partial charge in [0.2, 0.25) is 0 Å². The van der Waals surface area contributed by atoms with E-state index in [1.54, 1.807) is 6.07 Å². The summed E-state index contributed by atoms with van der Waals surface area (Å²) in [6.07, 6.45) is 0.788. The summed E-state index contributed by atoms with van der Waals surface area (Å²) in [6.45, 7) is 4.92. The second kappa shape index (κ2) is 5.45. The molecular formula is C17H21NO. The molecule has 0 saturated carbocycles. The van der Waals surface area contributed by atoms with Crippen LogP contribution in [-0.4, -0.2) is 5.11 Å². The van der Waals surface area contributed by atoms with E-state index in [0.29, 0.717) is 12.3 Å². The molecule has 0 bridgehead atoms. The zero-order valence-corrected chi connectivity index (χ0v) is 11.6. The van der Waals surface area contributed by atoms with Gasteiger partial charge in [-0.15, -0.1) is 0 Å². The SMILES string of the molecule is CC(C)(Cc1ccccc1O)c1ccccc1CN. The molecule has 0 aliphatic heterocycles. The lowest BCUT2D eigenvalue weighted by molar-refractivity contribution is 0.449. The van der Waals surface area contributed by atoms with Gasteiger partial charge in [-0.05, 0) is 34.6 Å². The number of phenolic OH excluding ortho intramolecular Hbond substituents is 1. The van der Waals surface area contributed by atoms with Crippen molar-refractivity contribution in [1.82, 2.24) is 0 Å². The number of phenols is 1. The highest BCUT2D eigenvalue weighted by Gasteiger charge is 2.24. The number of rotatable bonds is 4. The van der Waals surface area contributed by atoms with Gasteiger partial charge in [-0.3, -0.25) is 0 Å². The minimum atomic E-state index is -0.0607. The van der Waals surface area contributed by atoms with Crippen molar-refractivity contribution in [3.63, 3.8) is 0 Å². The molecule has 100 valence electrons. The fourth-order valence-corrected chi connectivity index (χ4v) is 2.59. The van der Waals surface area contributed by atoms with Gasteiger partial charge in [0.15, 0.2) is 0 Å². The fraction of sp³-hybridized carbons (Fsp3) is 0.294. The first-order valence-electron chi connectivity index (χ1n) is 6.60. The van der Waals surface area contributed by atoms with Gasteiger partial charge < -0.3 is 10.8 Å². The second-order valence-electron chi connectivity index (χ2n) is 5.55. The molecule has 0 unspecified atom stereocenters. The first kappa shape index (κ1) is 13.6.